The Bertz CT molecular complexity index is 1230. The number of benzene rings is 2. The van der Waals surface area contributed by atoms with Gasteiger partial charge in [0.05, 0.1) is 13.1 Å². The van der Waals surface area contributed by atoms with Crippen LogP contribution in [0.15, 0.2) is 53.3 Å². The molecule has 182 valence electrons. The van der Waals surface area contributed by atoms with Gasteiger partial charge in [-0.1, -0.05) is 23.7 Å². The predicted octanol–water partition coefficient (Wildman–Crippen LogP) is 3.87. The largest absolute Gasteiger partial charge is 0.416 e. The highest BCUT2D eigenvalue weighted by Gasteiger charge is 2.39. The van der Waals surface area contributed by atoms with Crippen molar-refractivity contribution in [2.75, 3.05) is 0 Å². The van der Waals surface area contributed by atoms with E-state index < -0.39 is 30.1 Å². The lowest BCUT2D eigenvalue weighted by atomic mass is 10.1. The normalized spacial score (nSPS) is 13.1. The maximum absolute atomic E-state index is 13.0. The lowest BCUT2D eigenvalue weighted by Gasteiger charge is -2.20. The third-order valence-electron chi connectivity index (χ3n) is 4.77. The molecule has 0 aliphatic heterocycles. The second kappa shape index (κ2) is 9.63. The monoisotopic (exact) mass is 496 g/mol. The molecule has 34 heavy (non-hydrogen) atoms. The fourth-order valence-electron chi connectivity index (χ4n) is 3.19. The summed E-state index contributed by atoms with van der Waals surface area (Å²) < 4.78 is 40.8. The molecule has 3 rings (SSSR count). The maximum Gasteiger partial charge on any atom is 0.416 e. The second-order valence-corrected chi connectivity index (χ2v) is 9.28. The van der Waals surface area contributed by atoms with Gasteiger partial charge >= 0.3 is 11.9 Å². The molecular formula is C23H24ClF3N4O3. The van der Waals surface area contributed by atoms with E-state index in [4.69, 9.17) is 11.6 Å². The zero-order valence-electron chi connectivity index (χ0n) is 18.7. The number of amides is 1. The highest BCUT2D eigenvalue weighted by molar-refractivity contribution is 6.30. The van der Waals surface area contributed by atoms with Crippen molar-refractivity contribution in [3.63, 3.8) is 0 Å². The first-order valence-corrected chi connectivity index (χ1v) is 10.7. The number of carbonyl (C=O) groups is 1. The van der Waals surface area contributed by atoms with Crippen molar-refractivity contribution < 1.29 is 23.1 Å². The lowest BCUT2D eigenvalue weighted by molar-refractivity contribution is -0.207. The number of hydrogen-bond acceptors (Lipinski definition) is 4. The Labute approximate surface area is 198 Å². The van der Waals surface area contributed by atoms with Crippen LogP contribution < -0.4 is 11.0 Å². The van der Waals surface area contributed by atoms with Gasteiger partial charge in [-0.15, -0.1) is 5.10 Å². The molecule has 0 saturated carbocycles. The summed E-state index contributed by atoms with van der Waals surface area (Å²) in [6.45, 7) is 4.41. The van der Waals surface area contributed by atoms with Gasteiger partial charge < -0.3 is 10.4 Å². The van der Waals surface area contributed by atoms with Gasteiger partial charge in [-0.3, -0.25) is 9.36 Å². The molecule has 0 aliphatic carbocycles. The van der Waals surface area contributed by atoms with Gasteiger partial charge in [0.2, 0.25) is 0 Å². The van der Waals surface area contributed by atoms with E-state index in [2.05, 4.69) is 10.4 Å². The van der Waals surface area contributed by atoms with Crippen molar-refractivity contribution in [3.8, 4) is 11.4 Å². The van der Waals surface area contributed by atoms with E-state index in [0.29, 0.717) is 21.7 Å². The van der Waals surface area contributed by atoms with Crippen molar-refractivity contribution in [3.05, 3.63) is 75.2 Å². The van der Waals surface area contributed by atoms with E-state index >= 15 is 0 Å². The zero-order valence-corrected chi connectivity index (χ0v) is 19.5. The van der Waals surface area contributed by atoms with Crippen LogP contribution in [0.3, 0.4) is 0 Å². The Balaban J connectivity index is 1.99. The second-order valence-electron chi connectivity index (χ2n) is 8.84. The minimum absolute atomic E-state index is 0.0494. The maximum atomic E-state index is 13.0. The molecule has 2 N–H and O–H groups in total. The molecule has 1 heterocycles. The summed E-state index contributed by atoms with van der Waals surface area (Å²) in [5.41, 5.74) is -0.0151. The summed E-state index contributed by atoms with van der Waals surface area (Å²) in [5.74, 6) is -0.353. The summed E-state index contributed by atoms with van der Waals surface area (Å²) in [6.07, 6.45) is -7.66. The van der Waals surface area contributed by atoms with Crippen molar-refractivity contribution in [1.82, 2.24) is 19.7 Å². The fraction of sp³-hybridized carbons (Fsp3) is 0.348. The van der Waals surface area contributed by atoms with Gasteiger partial charge in [0.15, 0.2) is 11.9 Å². The van der Waals surface area contributed by atoms with Crippen molar-refractivity contribution in [2.45, 2.75) is 51.7 Å². The quantitative estimate of drug-likeness (QED) is 0.542. The standard InChI is InChI=1S/C23H24ClF3N4O3/c1-22(2,3)28-20(33)16-6-4-5-14(11-16)12-31-21(34)30(13-18(32)23(25,26)27)19(29-31)15-7-9-17(24)10-8-15/h4-11,18,32H,12-13H2,1-3H3,(H,28,33). The van der Waals surface area contributed by atoms with Crippen LogP contribution >= 0.6 is 11.6 Å². The molecule has 11 heteroatoms. The molecule has 7 nitrogen and oxygen atoms in total. The average Bonchev–Trinajstić information content (AvgIpc) is 3.02. The smallest absolute Gasteiger partial charge is 0.382 e. The molecule has 0 aliphatic rings. The third kappa shape index (κ3) is 6.27. The molecule has 2 aromatic carbocycles. The number of nitrogens with zero attached hydrogens (tertiary/aromatic N) is 3. The van der Waals surface area contributed by atoms with E-state index in [9.17, 15) is 27.9 Å². The van der Waals surface area contributed by atoms with Crippen LogP contribution in [0.25, 0.3) is 11.4 Å². The Morgan fingerprint density at radius 2 is 1.79 bits per heavy atom. The topological polar surface area (TPSA) is 89.2 Å². The molecule has 1 aromatic heterocycles. The Morgan fingerprint density at radius 3 is 2.38 bits per heavy atom. The molecule has 0 bridgehead atoms. The van der Waals surface area contributed by atoms with Crippen molar-refractivity contribution in [1.29, 1.82) is 0 Å². The molecule has 0 radical (unpaired) electrons. The summed E-state index contributed by atoms with van der Waals surface area (Å²) in [7, 11) is 0. The first kappa shape index (κ1) is 25.5. The highest BCUT2D eigenvalue weighted by atomic mass is 35.5. The predicted molar refractivity (Wildman–Crippen MR) is 122 cm³/mol. The number of nitrogens with one attached hydrogen (secondary N) is 1. The Hall–Kier alpha value is -3.11. The zero-order chi connectivity index (χ0) is 25.3. The average molecular weight is 497 g/mol. The summed E-state index contributed by atoms with van der Waals surface area (Å²) in [5, 5.41) is 17.0. The van der Waals surface area contributed by atoms with E-state index in [-0.39, 0.29) is 18.3 Å². The van der Waals surface area contributed by atoms with Crippen LogP contribution in [-0.2, 0) is 13.1 Å². The highest BCUT2D eigenvalue weighted by Crippen LogP contribution is 2.24. The lowest BCUT2D eigenvalue weighted by Crippen LogP contribution is -2.40. The van der Waals surface area contributed by atoms with Crippen LogP contribution in [-0.4, -0.2) is 43.2 Å². The molecular weight excluding hydrogens is 473 g/mol. The van der Waals surface area contributed by atoms with Gasteiger partial charge in [0, 0.05) is 21.7 Å². The van der Waals surface area contributed by atoms with Gasteiger partial charge in [0.25, 0.3) is 5.91 Å². The summed E-state index contributed by atoms with van der Waals surface area (Å²) in [6, 6.07) is 12.6. The van der Waals surface area contributed by atoms with E-state index in [1.54, 1.807) is 24.3 Å². The number of halogens is 4. The van der Waals surface area contributed by atoms with Gasteiger partial charge in [-0.2, -0.15) is 13.2 Å². The molecule has 1 unspecified atom stereocenters. The van der Waals surface area contributed by atoms with Crippen LogP contribution in [0.4, 0.5) is 13.2 Å². The van der Waals surface area contributed by atoms with Gasteiger partial charge in [-0.25, -0.2) is 9.48 Å². The van der Waals surface area contributed by atoms with E-state index in [0.717, 1.165) is 9.25 Å². The third-order valence-corrected chi connectivity index (χ3v) is 5.02. The fourth-order valence-corrected chi connectivity index (χ4v) is 3.32. The summed E-state index contributed by atoms with van der Waals surface area (Å²) in [4.78, 5) is 25.5. The summed E-state index contributed by atoms with van der Waals surface area (Å²) >= 11 is 5.89. The molecule has 0 saturated heterocycles. The van der Waals surface area contributed by atoms with Crippen LogP contribution in [0.1, 0.15) is 36.7 Å². The van der Waals surface area contributed by atoms with E-state index in [1.807, 2.05) is 20.8 Å². The van der Waals surface area contributed by atoms with Crippen molar-refractivity contribution in [2.24, 2.45) is 0 Å². The molecule has 3 aromatic rings. The number of carbonyl (C=O) groups excluding carboxylic acids is 1. The van der Waals surface area contributed by atoms with Gasteiger partial charge in [0.1, 0.15) is 0 Å². The SMILES string of the molecule is CC(C)(C)NC(=O)c1cccc(Cn2nc(-c3ccc(Cl)cc3)n(CC(O)C(F)(F)F)c2=O)c1. The Kier molecular flexibility index (Phi) is 7.23. The molecule has 0 fully saturated rings. The minimum atomic E-state index is -4.91. The minimum Gasteiger partial charge on any atom is -0.382 e. The number of aromatic nitrogens is 3. The van der Waals surface area contributed by atoms with Gasteiger partial charge in [-0.05, 0) is 62.7 Å². The number of aliphatic hydroxyl groups is 1. The molecule has 1 amide bonds. The number of alkyl halides is 3. The van der Waals surface area contributed by atoms with Crippen molar-refractivity contribution >= 4 is 17.5 Å². The number of rotatable bonds is 6. The van der Waals surface area contributed by atoms with E-state index in [1.165, 1.54) is 24.3 Å². The first-order chi connectivity index (χ1) is 15.7. The number of aliphatic hydroxyl groups excluding tert-OH is 1. The molecule has 0 spiro atoms. The number of hydrogen-bond donors (Lipinski definition) is 2. The Morgan fingerprint density at radius 1 is 1.15 bits per heavy atom. The van der Waals surface area contributed by atoms with Crippen LogP contribution in [0.5, 0.6) is 0 Å². The van der Waals surface area contributed by atoms with Crippen LogP contribution in [0.2, 0.25) is 5.02 Å². The molecule has 1 atom stereocenters. The van der Waals surface area contributed by atoms with Crippen LogP contribution in [0, 0.1) is 0 Å². The first-order valence-electron chi connectivity index (χ1n) is 10.3.